The van der Waals surface area contributed by atoms with E-state index in [1.54, 1.807) is 18.7 Å². The molecule has 1 fully saturated rings. The Hall–Kier alpha value is -3.32. The fourth-order valence-electron chi connectivity index (χ4n) is 3.69. The van der Waals surface area contributed by atoms with Crippen LogP contribution in [-0.2, 0) is 23.5 Å². The number of aromatic amines is 1. The molecule has 3 heterocycles. The molecule has 0 radical (unpaired) electrons. The van der Waals surface area contributed by atoms with Gasteiger partial charge in [-0.3, -0.25) is 9.69 Å². The Morgan fingerprint density at radius 2 is 1.68 bits per heavy atom. The summed E-state index contributed by atoms with van der Waals surface area (Å²) in [6.45, 7) is 3.68. The molecule has 1 amide bonds. The Kier molecular flexibility index (Phi) is 7.07. The Morgan fingerprint density at radius 3 is 2.21 bits per heavy atom. The third-order valence-electron chi connectivity index (χ3n) is 5.26. The van der Waals surface area contributed by atoms with Crippen LogP contribution in [0.1, 0.15) is 30.5 Å². The van der Waals surface area contributed by atoms with E-state index in [1.165, 1.54) is 4.90 Å². The molecule has 0 aliphatic carbocycles. The molecule has 1 N–H and O–H groups in total. The van der Waals surface area contributed by atoms with E-state index in [-0.39, 0.29) is 37.6 Å². The first-order valence-corrected chi connectivity index (χ1v) is 10.2. The lowest BCUT2D eigenvalue weighted by Gasteiger charge is -2.43. The Balaban J connectivity index is 1.58. The van der Waals surface area contributed by atoms with Crippen molar-refractivity contribution in [2.45, 2.75) is 44.7 Å². The normalized spacial score (nSPS) is 19.3. The lowest BCUT2D eigenvalue weighted by atomic mass is 10.1. The quantitative estimate of drug-likeness (QED) is 0.656. The maximum Gasteiger partial charge on any atom is 0.421 e. The van der Waals surface area contributed by atoms with E-state index in [0.29, 0.717) is 18.5 Å². The molecule has 1 saturated heterocycles. The van der Waals surface area contributed by atoms with Crippen LogP contribution in [0.25, 0.3) is 0 Å². The highest BCUT2D eigenvalue weighted by Gasteiger charge is 2.36. The molecule has 0 spiro atoms. The first-order chi connectivity index (χ1) is 15.8. The van der Waals surface area contributed by atoms with Crippen molar-refractivity contribution in [2.24, 2.45) is 0 Å². The van der Waals surface area contributed by atoms with Gasteiger partial charge in [0, 0.05) is 38.1 Å². The molecule has 34 heavy (non-hydrogen) atoms. The molecular weight excluding hydrogens is 472 g/mol. The van der Waals surface area contributed by atoms with Crippen LogP contribution in [0.3, 0.4) is 0 Å². The van der Waals surface area contributed by atoms with Gasteiger partial charge in [-0.15, -0.1) is 0 Å². The second kappa shape index (κ2) is 9.50. The molecule has 2 aromatic rings. The average Bonchev–Trinajstić information content (AvgIpc) is 2.73. The van der Waals surface area contributed by atoms with Crippen molar-refractivity contribution in [3.8, 4) is 0 Å². The van der Waals surface area contributed by atoms with Gasteiger partial charge in [0.25, 0.3) is 5.56 Å². The van der Waals surface area contributed by atoms with Gasteiger partial charge in [0.2, 0.25) is 5.95 Å². The van der Waals surface area contributed by atoms with Crippen LogP contribution in [0, 0.1) is 0 Å². The maximum absolute atomic E-state index is 12.9. The molecule has 0 unspecified atom stereocenters. The number of carbonyl (C=O) groups is 1. The number of carbonyl (C=O) groups excluding carboxylic acids is 1. The first kappa shape index (κ1) is 25.3. The average molecular weight is 493 g/mol. The predicted octanol–water partition coefficient (Wildman–Crippen LogP) is 3.48. The molecular formula is C20H21F6N5O3. The molecule has 0 bridgehead atoms. The van der Waals surface area contributed by atoms with Crippen LogP contribution < -0.4 is 10.5 Å². The Bertz CT molecular complexity index is 1060. The number of aromatic nitrogens is 3. The molecule has 2 atom stereocenters. The minimum atomic E-state index is -4.80. The molecule has 1 aliphatic heterocycles. The fourth-order valence-corrected chi connectivity index (χ4v) is 3.69. The van der Waals surface area contributed by atoms with Crippen LogP contribution >= 0.6 is 0 Å². The zero-order valence-corrected chi connectivity index (χ0v) is 18.1. The highest BCUT2D eigenvalue weighted by molar-refractivity contribution is 5.69. The fraction of sp³-hybridized carbons (Fsp3) is 0.500. The van der Waals surface area contributed by atoms with Gasteiger partial charge >= 0.3 is 18.4 Å². The molecule has 2 aromatic heterocycles. The van der Waals surface area contributed by atoms with E-state index in [2.05, 4.69) is 9.97 Å². The Morgan fingerprint density at radius 1 is 1.09 bits per heavy atom. The summed E-state index contributed by atoms with van der Waals surface area (Å²) in [5.41, 5.74) is -3.42. The third-order valence-corrected chi connectivity index (χ3v) is 5.26. The van der Waals surface area contributed by atoms with Crippen molar-refractivity contribution < 1.29 is 35.9 Å². The summed E-state index contributed by atoms with van der Waals surface area (Å²) in [6, 6.07) is -0.111. The number of H-pyrrole nitrogens is 1. The minimum absolute atomic E-state index is 0.0479. The van der Waals surface area contributed by atoms with Crippen LogP contribution in [0.5, 0.6) is 0 Å². The topological polar surface area (TPSA) is 91.4 Å². The monoisotopic (exact) mass is 493 g/mol. The minimum Gasteiger partial charge on any atom is -0.449 e. The standard InChI is InChI=1S/C20H21F6N5O3/c1-11-9-30(17-28-7-14(8-29-17)19(21,22)23)10-12(2)31(11)18(33)34-4-3-13-5-15(20(24,25)26)16(32)27-6-13/h5-8,11-12H,3-4,9-10H2,1-2H3,(H,27,32)/t11-,12-/m1/s1. The number of hydrogen-bond donors (Lipinski definition) is 1. The number of hydrogen-bond acceptors (Lipinski definition) is 6. The highest BCUT2D eigenvalue weighted by Crippen LogP contribution is 2.29. The lowest BCUT2D eigenvalue weighted by Crippen LogP contribution is -2.59. The second-order valence-corrected chi connectivity index (χ2v) is 7.89. The van der Waals surface area contributed by atoms with E-state index in [1.807, 2.05) is 4.98 Å². The Labute approximate surface area is 189 Å². The largest absolute Gasteiger partial charge is 0.449 e. The summed E-state index contributed by atoms with van der Waals surface area (Å²) in [6.07, 6.45) is -7.58. The summed E-state index contributed by atoms with van der Waals surface area (Å²) < 4.78 is 81.9. The number of piperazine rings is 1. The summed E-state index contributed by atoms with van der Waals surface area (Å²) in [7, 11) is 0. The number of ether oxygens (including phenoxy) is 1. The number of anilines is 1. The lowest BCUT2D eigenvalue weighted by molar-refractivity contribution is -0.139. The molecule has 1 aliphatic rings. The molecule has 0 saturated carbocycles. The van der Waals surface area contributed by atoms with Crippen LogP contribution in [0.4, 0.5) is 37.1 Å². The number of nitrogens with one attached hydrogen (secondary N) is 1. The van der Waals surface area contributed by atoms with Crippen molar-refractivity contribution >= 4 is 12.0 Å². The van der Waals surface area contributed by atoms with Gasteiger partial charge in [-0.25, -0.2) is 14.8 Å². The van der Waals surface area contributed by atoms with Crippen LogP contribution in [0.2, 0.25) is 0 Å². The molecule has 8 nitrogen and oxygen atoms in total. The second-order valence-electron chi connectivity index (χ2n) is 7.89. The van der Waals surface area contributed by atoms with E-state index >= 15 is 0 Å². The number of nitrogens with zero attached hydrogens (tertiary/aromatic N) is 4. The summed E-state index contributed by atoms with van der Waals surface area (Å²) in [5, 5.41) is 0. The van der Waals surface area contributed by atoms with Gasteiger partial charge in [-0.05, 0) is 25.5 Å². The first-order valence-electron chi connectivity index (χ1n) is 10.2. The van der Waals surface area contributed by atoms with Gasteiger partial charge in [0.1, 0.15) is 5.56 Å². The SMILES string of the molecule is C[C@@H]1CN(c2ncc(C(F)(F)F)cn2)C[C@@H](C)N1C(=O)OCCc1c[nH]c(=O)c(C(F)(F)F)c1. The van der Waals surface area contributed by atoms with Crippen LogP contribution in [-0.4, -0.2) is 57.7 Å². The van der Waals surface area contributed by atoms with Crippen molar-refractivity contribution in [2.75, 3.05) is 24.6 Å². The molecule has 0 aromatic carbocycles. The van der Waals surface area contributed by atoms with Crippen molar-refractivity contribution in [3.05, 3.63) is 51.7 Å². The number of rotatable bonds is 4. The molecule has 14 heteroatoms. The zero-order valence-electron chi connectivity index (χ0n) is 18.1. The van der Waals surface area contributed by atoms with Gasteiger partial charge in [-0.2, -0.15) is 26.3 Å². The van der Waals surface area contributed by atoms with Crippen molar-refractivity contribution in [1.82, 2.24) is 19.9 Å². The smallest absolute Gasteiger partial charge is 0.421 e. The summed E-state index contributed by atoms with van der Waals surface area (Å²) in [5.74, 6) is 0.0956. The third kappa shape index (κ3) is 5.78. The number of halogens is 6. The van der Waals surface area contributed by atoms with Crippen molar-refractivity contribution in [3.63, 3.8) is 0 Å². The number of amides is 1. The maximum atomic E-state index is 12.9. The van der Waals surface area contributed by atoms with E-state index in [0.717, 1.165) is 6.20 Å². The van der Waals surface area contributed by atoms with Gasteiger partial charge in [0.15, 0.2) is 0 Å². The van der Waals surface area contributed by atoms with Gasteiger partial charge in [0.05, 0.1) is 24.3 Å². The summed E-state index contributed by atoms with van der Waals surface area (Å²) in [4.78, 5) is 36.6. The molecule has 186 valence electrons. The number of pyridine rings is 1. The molecule has 3 rings (SSSR count). The van der Waals surface area contributed by atoms with E-state index < -0.39 is 47.2 Å². The van der Waals surface area contributed by atoms with Crippen molar-refractivity contribution in [1.29, 1.82) is 0 Å². The van der Waals surface area contributed by atoms with Gasteiger partial charge < -0.3 is 14.6 Å². The highest BCUT2D eigenvalue weighted by atomic mass is 19.4. The van der Waals surface area contributed by atoms with Crippen LogP contribution in [0.15, 0.2) is 29.5 Å². The summed E-state index contributed by atoms with van der Waals surface area (Å²) >= 11 is 0. The zero-order chi connectivity index (χ0) is 25.3. The predicted molar refractivity (Wildman–Crippen MR) is 107 cm³/mol. The van der Waals surface area contributed by atoms with E-state index in [9.17, 15) is 35.9 Å². The number of alkyl halides is 6. The van der Waals surface area contributed by atoms with Gasteiger partial charge in [-0.1, -0.05) is 0 Å². The van der Waals surface area contributed by atoms with E-state index in [4.69, 9.17) is 4.74 Å².